The van der Waals surface area contributed by atoms with Crippen LogP contribution in [0.3, 0.4) is 0 Å². The molecule has 0 atom stereocenters. The molecule has 8 heteroatoms. The fourth-order valence-corrected chi connectivity index (χ4v) is 4.01. The lowest BCUT2D eigenvalue weighted by Gasteiger charge is -2.30. The minimum absolute atomic E-state index is 0.0215. The van der Waals surface area contributed by atoms with Crippen molar-refractivity contribution >= 4 is 28.5 Å². The first-order chi connectivity index (χ1) is 15.0. The highest BCUT2D eigenvalue weighted by molar-refractivity contribution is 5.94. The highest BCUT2D eigenvalue weighted by Crippen LogP contribution is 2.32. The maximum atomic E-state index is 12.5. The molecule has 1 aliphatic carbocycles. The van der Waals surface area contributed by atoms with Crippen molar-refractivity contribution in [2.45, 2.75) is 38.7 Å². The zero-order chi connectivity index (χ0) is 21.8. The lowest BCUT2D eigenvalue weighted by Crippen LogP contribution is -2.36. The van der Waals surface area contributed by atoms with Gasteiger partial charge in [-0.05, 0) is 44.7 Å². The van der Waals surface area contributed by atoms with E-state index >= 15 is 0 Å². The predicted octanol–water partition coefficient (Wildman–Crippen LogP) is 2.91. The molecule has 1 amide bonds. The van der Waals surface area contributed by atoms with Gasteiger partial charge in [-0.2, -0.15) is 4.98 Å². The van der Waals surface area contributed by atoms with Crippen molar-refractivity contribution < 1.29 is 14.3 Å². The van der Waals surface area contributed by atoms with Crippen LogP contribution in [0.25, 0.3) is 10.9 Å². The van der Waals surface area contributed by atoms with E-state index < -0.39 is 0 Å². The molecule has 31 heavy (non-hydrogen) atoms. The maximum Gasteiger partial charge on any atom is 0.250 e. The molecular weight excluding hydrogens is 394 g/mol. The number of hydrogen-bond acceptors (Lipinski definition) is 6. The number of nitrogens with zero attached hydrogens (tertiary/aromatic N) is 5. The third-order valence-corrected chi connectivity index (χ3v) is 6.11. The van der Waals surface area contributed by atoms with Gasteiger partial charge in [-0.3, -0.25) is 9.78 Å². The Hall–Kier alpha value is -2.74. The Morgan fingerprint density at radius 2 is 1.97 bits per heavy atom. The molecule has 4 rings (SSSR count). The number of carbonyl (C=O) groups excluding carboxylic acids is 1. The van der Waals surface area contributed by atoms with Gasteiger partial charge in [-0.25, -0.2) is 4.99 Å². The first-order valence-corrected chi connectivity index (χ1v) is 11.0. The van der Waals surface area contributed by atoms with E-state index in [0.717, 1.165) is 61.3 Å². The van der Waals surface area contributed by atoms with Crippen LogP contribution in [0.1, 0.15) is 32.6 Å². The second-order valence-electron chi connectivity index (χ2n) is 8.44. The average molecular weight is 426 g/mol. The van der Waals surface area contributed by atoms with Gasteiger partial charge in [0, 0.05) is 45.4 Å². The van der Waals surface area contributed by atoms with Gasteiger partial charge in [0.1, 0.15) is 17.8 Å². The number of amidine groups is 1. The molecule has 0 radical (unpaired) electrons. The highest BCUT2D eigenvalue weighted by atomic mass is 16.5. The molecular formula is C23H31N5O3. The number of morpholine rings is 1. The second-order valence-corrected chi connectivity index (χ2v) is 8.44. The van der Waals surface area contributed by atoms with Gasteiger partial charge >= 0.3 is 0 Å². The second kappa shape index (κ2) is 9.60. The van der Waals surface area contributed by atoms with Crippen LogP contribution >= 0.6 is 0 Å². The molecule has 1 saturated heterocycles. The van der Waals surface area contributed by atoms with Crippen molar-refractivity contribution in [3.8, 4) is 5.88 Å². The molecule has 0 unspecified atom stereocenters. The van der Waals surface area contributed by atoms with E-state index in [1.807, 2.05) is 44.1 Å². The van der Waals surface area contributed by atoms with Crippen LogP contribution < -0.4 is 9.64 Å². The van der Waals surface area contributed by atoms with Gasteiger partial charge in [-0.15, -0.1) is 0 Å². The zero-order valence-electron chi connectivity index (χ0n) is 18.6. The summed E-state index contributed by atoms with van der Waals surface area (Å²) in [5.41, 5.74) is 0.881. The summed E-state index contributed by atoms with van der Waals surface area (Å²) in [6.45, 7) is 4.88. The topological polar surface area (TPSA) is 80.1 Å². The van der Waals surface area contributed by atoms with E-state index in [1.165, 1.54) is 0 Å². The van der Waals surface area contributed by atoms with Crippen molar-refractivity contribution in [1.82, 2.24) is 14.9 Å². The van der Waals surface area contributed by atoms with Gasteiger partial charge in [0.15, 0.2) is 0 Å². The van der Waals surface area contributed by atoms with E-state index in [9.17, 15) is 4.79 Å². The fraction of sp³-hybridized carbons (Fsp3) is 0.565. The normalized spacial score (nSPS) is 22.4. The van der Waals surface area contributed by atoms with E-state index in [1.54, 1.807) is 6.20 Å². The van der Waals surface area contributed by atoms with Crippen molar-refractivity contribution in [3.05, 3.63) is 24.4 Å². The lowest BCUT2D eigenvalue weighted by molar-refractivity contribution is -0.123. The molecule has 2 aliphatic rings. The van der Waals surface area contributed by atoms with Crippen molar-refractivity contribution in [1.29, 1.82) is 0 Å². The molecule has 3 heterocycles. The molecule has 0 spiro atoms. The summed E-state index contributed by atoms with van der Waals surface area (Å²) in [7, 11) is 3.79. The minimum atomic E-state index is -0.0270. The number of fused-ring (bicyclic) bond motifs is 1. The number of aliphatic imine (C=N–C) groups is 1. The van der Waals surface area contributed by atoms with E-state index in [0.29, 0.717) is 19.1 Å². The Labute approximate surface area is 183 Å². The van der Waals surface area contributed by atoms with Crippen LogP contribution in [-0.2, 0) is 9.53 Å². The van der Waals surface area contributed by atoms with Crippen LogP contribution in [0.5, 0.6) is 5.88 Å². The van der Waals surface area contributed by atoms with E-state index in [-0.39, 0.29) is 17.9 Å². The number of aromatic nitrogens is 2. The molecule has 0 aromatic carbocycles. The first kappa shape index (κ1) is 21.5. The van der Waals surface area contributed by atoms with Gasteiger partial charge in [-0.1, -0.05) is 0 Å². The predicted molar refractivity (Wildman–Crippen MR) is 121 cm³/mol. The van der Waals surface area contributed by atoms with Crippen molar-refractivity contribution in [2.75, 3.05) is 45.3 Å². The Bertz CT molecular complexity index is 947. The average Bonchev–Trinajstić information content (AvgIpc) is 2.80. The molecule has 1 saturated carbocycles. The zero-order valence-corrected chi connectivity index (χ0v) is 18.6. The quantitative estimate of drug-likeness (QED) is 0.550. The number of pyridine rings is 2. The lowest BCUT2D eigenvalue weighted by atomic mass is 9.87. The minimum Gasteiger partial charge on any atom is -0.474 e. The summed E-state index contributed by atoms with van der Waals surface area (Å²) in [6.07, 6.45) is 5.04. The number of ether oxygens (including phenoxy) is 2. The van der Waals surface area contributed by atoms with Crippen molar-refractivity contribution in [2.24, 2.45) is 10.9 Å². The summed E-state index contributed by atoms with van der Waals surface area (Å²) in [6, 6.07) is 5.93. The Balaban J connectivity index is 1.46. The fourth-order valence-electron chi connectivity index (χ4n) is 4.01. The third-order valence-electron chi connectivity index (χ3n) is 6.11. The summed E-state index contributed by atoms with van der Waals surface area (Å²) in [5, 5.41) is 0.920. The Morgan fingerprint density at radius 3 is 2.68 bits per heavy atom. The summed E-state index contributed by atoms with van der Waals surface area (Å²) in [4.78, 5) is 30.2. The molecule has 0 N–H and O–H groups in total. The smallest absolute Gasteiger partial charge is 0.250 e. The highest BCUT2D eigenvalue weighted by Gasteiger charge is 2.28. The molecule has 166 valence electrons. The SMILES string of the molecule is CC(=NC(=O)C1CCC(Oc2nc(N3CCOCC3)cc3ncccc23)CC1)N(C)C. The number of hydrogen-bond donors (Lipinski definition) is 0. The van der Waals surface area contributed by atoms with E-state index in [2.05, 4.69) is 14.9 Å². The largest absolute Gasteiger partial charge is 0.474 e. The van der Waals surface area contributed by atoms with Gasteiger partial charge < -0.3 is 19.3 Å². The molecule has 0 bridgehead atoms. The Kier molecular flexibility index (Phi) is 6.65. The van der Waals surface area contributed by atoms with Crippen LogP contribution in [0.15, 0.2) is 29.4 Å². The molecule has 2 aromatic heterocycles. The number of anilines is 1. The third kappa shape index (κ3) is 5.12. The number of amides is 1. The summed E-state index contributed by atoms with van der Waals surface area (Å²) < 4.78 is 11.9. The molecule has 1 aliphatic heterocycles. The van der Waals surface area contributed by atoms with Crippen LogP contribution in [-0.4, -0.2) is 73.1 Å². The van der Waals surface area contributed by atoms with Gasteiger partial charge in [0.05, 0.1) is 24.1 Å². The van der Waals surface area contributed by atoms with Gasteiger partial charge in [0.25, 0.3) is 0 Å². The first-order valence-electron chi connectivity index (χ1n) is 11.0. The maximum absolute atomic E-state index is 12.5. The standard InChI is InChI=1S/C23H31N5O3/c1-16(27(2)3)25-22(29)17-6-8-18(9-7-17)31-23-19-5-4-10-24-20(19)15-21(26-23)28-11-13-30-14-12-28/h4-5,10,15,17-18H,6-9,11-14H2,1-3H3. The van der Waals surface area contributed by atoms with Crippen LogP contribution in [0.4, 0.5) is 5.82 Å². The summed E-state index contributed by atoms with van der Waals surface area (Å²) >= 11 is 0. The Morgan fingerprint density at radius 1 is 1.23 bits per heavy atom. The van der Waals surface area contributed by atoms with Crippen molar-refractivity contribution in [3.63, 3.8) is 0 Å². The van der Waals surface area contributed by atoms with Crippen LogP contribution in [0, 0.1) is 5.92 Å². The van der Waals surface area contributed by atoms with Gasteiger partial charge in [0.2, 0.25) is 11.8 Å². The molecule has 2 aromatic rings. The molecule has 8 nitrogen and oxygen atoms in total. The summed E-state index contributed by atoms with van der Waals surface area (Å²) in [5.74, 6) is 2.20. The molecule has 2 fully saturated rings. The van der Waals surface area contributed by atoms with E-state index in [4.69, 9.17) is 14.5 Å². The van der Waals surface area contributed by atoms with Crippen LogP contribution in [0.2, 0.25) is 0 Å². The number of carbonyl (C=O) groups is 1. The monoisotopic (exact) mass is 425 g/mol. The number of rotatable bonds is 4.